The van der Waals surface area contributed by atoms with E-state index in [1.54, 1.807) is 55.7 Å². The number of rotatable bonds is 9. The highest BCUT2D eigenvalue weighted by Gasteiger charge is 2.26. The molecule has 2 amide bonds. The van der Waals surface area contributed by atoms with Crippen LogP contribution in [-0.2, 0) is 22.7 Å². The van der Waals surface area contributed by atoms with Crippen LogP contribution in [0.15, 0.2) is 79.1 Å². The Kier molecular flexibility index (Phi) is 7.70. The van der Waals surface area contributed by atoms with Crippen molar-refractivity contribution in [3.8, 4) is 5.75 Å². The molecule has 0 spiro atoms. The first-order valence-electron chi connectivity index (χ1n) is 9.91. The number of nitrogens with one attached hydrogen (secondary N) is 1. The topological polar surface area (TPSA) is 71.5 Å². The Labute approximate surface area is 180 Å². The van der Waals surface area contributed by atoms with E-state index in [0.29, 0.717) is 17.9 Å². The van der Waals surface area contributed by atoms with Crippen molar-refractivity contribution in [2.75, 3.05) is 6.61 Å². The highest BCUT2D eigenvalue weighted by Crippen LogP contribution is 2.13. The van der Waals surface area contributed by atoms with E-state index < -0.39 is 6.04 Å². The number of carbonyl (C=O) groups is 2. The summed E-state index contributed by atoms with van der Waals surface area (Å²) < 4.78 is 18.8. The van der Waals surface area contributed by atoms with Crippen LogP contribution in [0, 0.1) is 5.82 Å². The molecule has 1 heterocycles. The molecule has 31 heavy (non-hydrogen) atoms. The molecule has 0 aliphatic heterocycles. The lowest BCUT2D eigenvalue weighted by Crippen LogP contribution is -2.48. The molecule has 0 saturated carbocycles. The first-order valence-corrected chi connectivity index (χ1v) is 9.91. The minimum atomic E-state index is -0.751. The highest BCUT2D eigenvalue weighted by molar-refractivity contribution is 5.87. The van der Waals surface area contributed by atoms with Crippen LogP contribution in [0.25, 0.3) is 0 Å². The molecular weight excluding hydrogens is 397 g/mol. The number of pyridine rings is 1. The lowest BCUT2D eigenvalue weighted by atomic mass is 10.1. The third-order valence-electron chi connectivity index (χ3n) is 4.76. The van der Waals surface area contributed by atoms with E-state index in [1.165, 1.54) is 17.0 Å². The number of hydrogen-bond donors (Lipinski definition) is 1. The Morgan fingerprint density at radius 2 is 1.68 bits per heavy atom. The minimum absolute atomic E-state index is 0.154. The number of amides is 2. The van der Waals surface area contributed by atoms with Crippen LogP contribution in [0.4, 0.5) is 4.39 Å². The van der Waals surface area contributed by atoms with Gasteiger partial charge in [-0.05, 0) is 54.4 Å². The Balaban J connectivity index is 1.69. The SMILES string of the molecule is C[C@@H](C(=O)NCc1ccncc1)N(Cc1ccc(F)cc1)C(=O)COc1ccccc1. The largest absolute Gasteiger partial charge is 0.484 e. The molecule has 0 aliphatic rings. The van der Waals surface area contributed by atoms with Gasteiger partial charge in [0.05, 0.1) is 0 Å². The number of aromatic nitrogens is 1. The molecule has 160 valence electrons. The van der Waals surface area contributed by atoms with E-state index >= 15 is 0 Å². The molecule has 0 saturated heterocycles. The first-order chi connectivity index (χ1) is 15.0. The van der Waals surface area contributed by atoms with Crippen molar-refractivity contribution in [3.05, 3.63) is 96.1 Å². The van der Waals surface area contributed by atoms with Gasteiger partial charge in [0.1, 0.15) is 17.6 Å². The normalized spacial score (nSPS) is 11.4. The Hall–Kier alpha value is -3.74. The van der Waals surface area contributed by atoms with E-state index in [0.717, 1.165) is 5.56 Å². The fourth-order valence-electron chi connectivity index (χ4n) is 2.95. The zero-order valence-corrected chi connectivity index (χ0v) is 17.2. The number of benzene rings is 2. The summed E-state index contributed by atoms with van der Waals surface area (Å²) in [7, 11) is 0. The van der Waals surface area contributed by atoms with E-state index in [4.69, 9.17) is 4.74 Å². The molecule has 3 rings (SSSR count). The maximum Gasteiger partial charge on any atom is 0.261 e. The number of para-hydroxylation sites is 1. The van der Waals surface area contributed by atoms with Gasteiger partial charge in [-0.15, -0.1) is 0 Å². The van der Waals surface area contributed by atoms with Crippen LogP contribution >= 0.6 is 0 Å². The molecule has 0 bridgehead atoms. The summed E-state index contributed by atoms with van der Waals surface area (Å²) in [6, 6.07) is 17.7. The summed E-state index contributed by atoms with van der Waals surface area (Å²) in [5, 5.41) is 2.84. The highest BCUT2D eigenvalue weighted by atomic mass is 19.1. The van der Waals surface area contributed by atoms with E-state index in [1.807, 2.05) is 18.2 Å². The first kappa shape index (κ1) is 22.0. The Bertz CT molecular complexity index is 982. The monoisotopic (exact) mass is 421 g/mol. The van der Waals surface area contributed by atoms with Gasteiger partial charge in [0.25, 0.3) is 5.91 Å². The number of halogens is 1. The van der Waals surface area contributed by atoms with Crippen LogP contribution in [0.5, 0.6) is 5.75 Å². The van der Waals surface area contributed by atoms with Crippen molar-refractivity contribution in [2.45, 2.75) is 26.1 Å². The van der Waals surface area contributed by atoms with Crippen molar-refractivity contribution in [3.63, 3.8) is 0 Å². The van der Waals surface area contributed by atoms with Crippen molar-refractivity contribution < 1.29 is 18.7 Å². The smallest absolute Gasteiger partial charge is 0.261 e. The summed E-state index contributed by atoms with van der Waals surface area (Å²) in [6.45, 7) is 1.92. The number of hydrogen-bond acceptors (Lipinski definition) is 4. The average Bonchev–Trinajstić information content (AvgIpc) is 2.81. The summed E-state index contributed by atoms with van der Waals surface area (Å²) in [6.07, 6.45) is 3.30. The van der Waals surface area contributed by atoms with Crippen LogP contribution in [0.1, 0.15) is 18.1 Å². The Morgan fingerprint density at radius 3 is 2.35 bits per heavy atom. The van der Waals surface area contributed by atoms with Gasteiger partial charge in [0, 0.05) is 25.5 Å². The standard InChI is InChI=1S/C24H24FN3O3/c1-18(24(30)27-15-19-11-13-26-14-12-19)28(16-20-7-9-21(25)10-8-20)23(29)17-31-22-5-3-2-4-6-22/h2-14,18H,15-17H2,1H3,(H,27,30)/t18-/m0/s1. The molecule has 3 aromatic rings. The van der Waals surface area contributed by atoms with Crippen molar-refractivity contribution in [2.24, 2.45) is 0 Å². The second kappa shape index (κ2) is 10.9. The minimum Gasteiger partial charge on any atom is -0.484 e. The molecule has 0 radical (unpaired) electrons. The van der Waals surface area contributed by atoms with Crippen molar-refractivity contribution in [1.82, 2.24) is 15.2 Å². The summed E-state index contributed by atoms with van der Waals surface area (Å²) in [4.78, 5) is 31.1. The number of ether oxygens (including phenoxy) is 1. The zero-order chi connectivity index (χ0) is 22.1. The average molecular weight is 421 g/mol. The molecule has 1 N–H and O–H groups in total. The second-order valence-electron chi connectivity index (χ2n) is 7.00. The van der Waals surface area contributed by atoms with Gasteiger partial charge in [-0.2, -0.15) is 0 Å². The lowest BCUT2D eigenvalue weighted by molar-refractivity contribution is -0.142. The van der Waals surface area contributed by atoms with Gasteiger partial charge in [0.2, 0.25) is 5.91 Å². The van der Waals surface area contributed by atoms with Crippen LogP contribution < -0.4 is 10.1 Å². The predicted octanol–water partition coefficient (Wildman–Crippen LogP) is 3.33. The Morgan fingerprint density at radius 1 is 1.00 bits per heavy atom. The summed E-state index contributed by atoms with van der Waals surface area (Å²) >= 11 is 0. The maximum absolute atomic E-state index is 13.3. The van der Waals surface area contributed by atoms with Gasteiger partial charge in [-0.1, -0.05) is 30.3 Å². The van der Waals surface area contributed by atoms with Gasteiger partial charge in [0.15, 0.2) is 6.61 Å². The molecular formula is C24H24FN3O3. The third kappa shape index (κ3) is 6.64. The molecule has 2 aromatic carbocycles. The van der Waals surface area contributed by atoms with Crippen molar-refractivity contribution in [1.29, 1.82) is 0 Å². The number of nitrogens with zero attached hydrogens (tertiary/aromatic N) is 2. The van der Waals surface area contributed by atoms with Crippen molar-refractivity contribution >= 4 is 11.8 Å². The molecule has 0 fully saturated rings. The third-order valence-corrected chi connectivity index (χ3v) is 4.76. The van der Waals surface area contributed by atoms with Crippen LogP contribution in [0.3, 0.4) is 0 Å². The fraction of sp³-hybridized carbons (Fsp3) is 0.208. The molecule has 6 nitrogen and oxygen atoms in total. The molecule has 7 heteroatoms. The van der Waals surface area contributed by atoms with Gasteiger partial charge >= 0.3 is 0 Å². The van der Waals surface area contributed by atoms with Gasteiger partial charge in [-0.25, -0.2) is 4.39 Å². The molecule has 1 aromatic heterocycles. The van der Waals surface area contributed by atoms with Gasteiger partial charge in [-0.3, -0.25) is 14.6 Å². The molecule has 0 unspecified atom stereocenters. The zero-order valence-electron chi connectivity index (χ0n) is 17.2. The quantitative estimate of drug-likeness (QED) is 0.575. The number of carbonyl (C=O) groups excluding carboxylic acids is 2. The van der Waals surface area contributed by atoms with Crippen LogP contribution in [0.2, 0.25) is 0 Å². The summed E-state index contributed by atoms with van der Waals surface area (Å²) in [5.74, 6) is -0.448. The second-order valence-corrected chi connectivity index (χ2v) is 7.00. The molecule has 1 atom stereocenters. The van der Waals surface area contributed by atoms with Crippen LogP contribution in [-0.4, -0.2) is 34.3 Å². The van der Waals surface area contributed by atoms with E-state index in [2.05, 4.69) is 10.3 Å². The molecule has 0 aliphatic carbocycles. The van der Waals surface area contributed by atoms with E-state index in [-0.39, 0.29) is 30.8 Å². The fourth-order valence-corrected chi connectivity index (χ4v) is 2.95. The van der Waals surface area contributed by atoms with E-state index in [9.17, 15) is 14.0 Å². The lowest BCUT2D eigenvalue weighted by Gasteiger charge is -2.28. The summed E-state index contributed by atoms with van der Waals surface area (Å²) in [5.41, 5.74) is 1.61. The maximum atomic E-state index is 13.3. The predicted molar refractivity (Wildman–Crippen MR) is 114 cm³/mol. The van der Waals surface area contributed by atoms with Gasteiger partial charge < -0.3 is 15.0 Å².